The van der Waals surface area contributed by atoms with E-state index in [4.69, 9.17) is 10.5 Å². The predicted molar refractivity (Wildman–Crippen MR) is 151 cm³/mol. The van der Waals surface area contributed by atoms with Crippen LogP contribution in [-0.2, 0) is 9.53 Å². The lowest BCUT2D eigenvalue weighted by Gasteiger charge is -2.34. The first-order valence-electron chi connectivity index (χ1n) is 11.9. The summed E-state index contributed by atoms with van der Waals surface area (Å²) in [5.41, 5.74) is 6.85. The largest absolute Gasteiger partial charge is 0.508 e. The van der Waals surface area contributed by atoms with Crippen LogP contribution in [0.1, 0.15) is 48.7 Å². The number of rotatable bonds is 9. The van der Waals surface area contributed by atoms with Crippen LogP contribution in [0.4, 0.5) is 16.2 Å². The molecular formula is C29H30BrN3O5. The number of alkyl carbamates (subject to hydrolysis) is 1. The summed E-state index contributed by atoms with van der Waals surface area (Å²) in [6.07, 6.45) is 2.25. The highest BCUT2D eigenvalue weighted by Gasteiger charge is 2.36. The highest BCUT2D eigenvalue weighted by Crippen LogP contribution is 2.44. The van der Waals surface area contributed by atoms with E-state index in [1.54, 1.807) is 72.8 Å². The average Bonchev–Trinajstić information content (AvgIpc) is 2.88. The van der Waals surface area contributed by atoms with Crippen LogP contribution in [0.2, 0.25) is 0 Å². The number of hydrogen-bond acceptors (Lipinski definition) is 6. The molecule has 8 nitrogen and oxygen atoms in total. The highest BCUT2D eigenvalue weighted by molar-refractivity contribution is 9.10. The van der Waals surface area contributed by atoms with Crippen molar-refractivity contribution in [2.45, 2.75) is 32.8 Å². The fourth-order valence-electron chi connectivity index (χ4n) is 3.83. The molecule has 0 aliphatic carbocycles. The van der Waals surface area contributed by atoms with Gasteiger partial charge in [-0.25, -0.2) is 4.79 Å². The zero-order valence-corrected chi connectivity index (χ0v) is 22.7. The summed E-state index contributed by atoms with van der Waals surface area (Å²) in [4.78, 5) is 37.5. The quantitative estimate of drug-likeness (QED) is 0.173. The molecule has 0 aliphatic rings. The number of carbonyl (C=O) groups excluding carboxylic acids is 3. The van der Waals surface area contributed by atoms with Gasteiger partial charge in [0.1, 0.15) is 11.9 Å². The minimum absolute atomic E-state index is 0.0520. The SMILES string of the molecule is CC(C)(CC/C=C/C(=O)Nc1ccccc1N)[C@H](OC(=O)NC(=O)c1ccccc1)c1cc(Br)ccc1O. The Morgan fingerprint density at radius 1 is 1.05 bits per heavy atom. The van der Waals surface area contributed by atoms with Gasteiger partial charge in [-0.15, -0.1) is 0 Å². The summed E-state index contributed by atoms with van der Waals surface area (Å²) in [5.74, 6) is -0.973. The van der Waals surface area contributed by atoms with Gasteiger partial charge in [-0.1, -0.05) is 66.2 Å². The maximum Gasteiger partial charge on any atom is 0.414 e. The second-order valence-corrected chi connectivity index (χ2v) is 10.2. The van der Waals surface area contributed by atoms with Gasteiger partial charge in [-0.2, -0.15) is 0 Å². The molecule has 38 heavy (non-hydrogen) atoms. The van der Waals surface area contributed by atoms with E-state index >= 15 is 0 Å². The molecule has 0 spiro atoms. The molecule has 0 unspecified atom stereocenters. The number of halogens is 1. The Balaban J connectivity index is 1.71. The number of allylic oxidation sites excluding steroid dienone is 1. The number of carbonyl (C=O) groups is 3. The maximum absolute atomic E-state index is 12.7. The van der Waals surface area contributed by atoms with Crippen LogP contribution < -0.4 is 16.4 Å². The fourth-order valence-corrected chi connectivity index (χ4v) is 4.21. The molecule has 0 fully saturated rings. The van der Waals surface area contributed by atoms with Crippen molar-refractivity contribution in [3.63, 3.8) is 0 Å². The molecule has 0 aromatic heterocycles. The fraction of sp³-hybridized carbons (Fsp3) is 0.207. The Kier molecular flexibility index (Phi) is 9.67. The molecule has 3 aromatic rings. The average molecular weight is 580 g/mol. The van der Waals surface area contributed by atoms with Crippen molar-refractivity contribution in [1.82, 2.24) is 5.32 Å². The van der Waals surface area contributed by atoms with Crippen molar-refractivity contribution in [1.29, 1.82) is 0 Å². The lowest BCUT2D eigenvalue weighted by Crippen LogP contribution is -2.35. The smallest absolute Gasteiger partial charge is 0.414 e. The number of para-hydroxylation sites is 2. The number of ether oxygens (including phenoxy) is 1. The van der Waals surface area contributed by atoms with Crippen LogP contribution in [0.25, 0.3) is 0 Å². The van der Waals surface area contributed by atoms with Crippen LogP contribution >= 0.6 is 15.9 Å². The van der Waals surface area contributed by atoms with Crippen LogP contribution in [-0.4, -0.2) is 23.0 Å². The van der Waals surface area contributed by atoms with Crippen LogP contribution in [0.5, 0.6) is 5.75 Å². The molecule has 0 bridgehead atoms. The van der Waals surface area contributed by atoms with Crippen LogP contribution in [0, 0.1) is 5.41 Å². The number of aromatic hydroxyl groups is 1. The molecule has 9 heteroatoms. The third-order valence-corrected chi connectivity index (χ3v) is 6.39. The van der Waals surface area contributed by atoms with E-state index in [0.717, 1.165) is 0 Å². The number of phenols is 1. The first kappa shape index (κ1) is 28.5. The molecule has 0 radical (unpaired) electrons. The number of anilines is 2. The topological polar surface area (TPSA) is 131 Å². The third kappa shape index (κ3) is 7.94. The number of amides is 3. The van der Waals surface area contributed by atoms with E-state index in [2.05, 4.69) is 26.6 Å². The minimum Gasteiger partial charge on any atom is -0.508 e. The lowest BCUT2D eigenvalue weighted by molar-refractivity contribution is -0.111. The van der Waals surface area contributed by atoms with Gasteiger partial charge in [-0.05, 0) is 61.4 Å². The summed E-state index contributed by atoms with van der Waals surface area (Å²) >= 11 is 3.39. The van der Waals surface area contributed by atoms with Gasteiger partial charge < -0.3 is 20.9 Å². The number of benzene rings is 3. The monoisotopic (exact) mass is 579 g/mol. The lowest BCUT2D eigenvalue weighted by atomic mass is 9.78. The first-order chi connectivity index (χ1) is 18.1. The summed E-state index contributed by atoms with van der Waals surface area (Å²) in [5, 5.41) is 15.5. The predicted octanol–water partition coefficient (Wildman–Crippen LogP) is 6.35. The number of nitrogens with two attached hydrogens (primary N) is 1. The van der Waals surface area contributed by atoms with E-state index in [-0.39, 0.29) is 11.7 Å². The van der Waals surface area contributed by atoms with Gasteiger partial charge in [0, 0.05) is 21.0 Å². The van der Waals surface area contributed by atoms with Crippen molar-refractivity contribution in [3.8, 4) is 5.75 Å². The van der Waals surface area contributed by atoms with Crippen molar-refractivity contribution < 1.29 is 24.2 Å². The van der Waals surface area contributed by atoms with Crippen molar-refractivity contribution >= 4 is 45.2 Å². The molecule has 0 aliphatic heterocycles. The molecule has 0 heterocycles. The van der Waals surface area contributed by atoms with Gasteiger partial charge in [0.05, 0.1) is 11.4 Å². The second-order valence-electron chi connectivity index (χ2n) is 9.31. The summed E-state index contributed by atoms with van der Waals surface area (Å²) < 4.78 is 6.42. The number of phenolic OH excluding ortho intramolecular Hbond substituents is 1. The Bertz CT molecular complexity index is 1320. The van der Waals surface area contributed by atoms with E-state index in [9.17, 15) is 19.5 Å². The maximum atomic E-state index is 12.7. The summed E-state index contributed by atoms with van der Waals surface area (Å²) in [6.45, 7) is 3.76. The highest BCUT2D eigenvalue weighted by atomic mass is 79.9. The molecule has 3 rings (SSSR count). The zero-order valence-electron chi connectivity index (χ0n) is 21.1. The van der Waals surface area contributed by atoms with Gasteiger partial charge >= 0.3 is 6.09 Å². The second kappa shape index (κ2) is 12.9. The standard InChI is InChI=1S/C29H30BrN3O5/c1-29(2,17-9-8-14-25(35)32-23-13-7-6-12-22(23)31)26(21-18-20(30)15-16-24(21)34)38-28(37)33-27(36)19-10-4-3-5-11-19/h3-8,10-16,18,26,34H,9,17,31H2,1-2H3,(H,32,35)(H,33,36,37)/b14-8+/t26-/m1/s1. The van der Waals surface area contributed by atoms with Crippen LogP contribution in [0.3, 0.4) is 0 Å². The molecule has 3 amide bonds. The molecule has 5 N–H and O–H groups in total. The summed E-state index contributed by atoms with van der Waals surface area (Å²) in [7, 11) is 0. The van der Waals surface area contributed by atoms with Gasteiger partial charge in [0.25, 0.3) is 5.91 Å². The molecule has 0 saturated heterocycles. The summed E-state index contributed by atoms with van der Waals surface area (Å²) in [6, 6.07) is 20.1. The Hall–Kier alpha value is -4.11. The third-order valence-electron chi connectivity index (χ3n) is 5.90. The van der Waals surface area contributed by atoms with Crippen LogP contribution in [0.15, 0.2) is 89.4 Å². The van der Waals surface area contributed by atoms with E-state index in [0.29, 0.717) is 39.8 Å². The molecule has 198 valence electrons. The van der Waals surface area contributed by atoms with Gasteiger partial charge in [0.15, 0.2) is 0 Å². The Labute approximate surface area is 230 Å². The van der Waals surface area contributed by atoms with Crippen molar-refractivity contribution in [3.05, 3.63) is 101 Å². The van der Waals surface area contributed by atoms with E-state index in [1.165, 1.54) is 12.1 Å². The Morgan fingerprint density at radius 3 is 2.45 bits per heavy atom. The molecule has 3 aromatic carbocycles. The number of nitrogens with one attached hydrogen (secondary N) is 2. The molecule has 0 saturated carbocycles. The number of hydrogen-bond donors (Lipinski definition) is 4. The minimum atomic E-state index is -0.938. The van der Waals surface area contributed by atoms with Gasteiger partial charge in [-0.3, -0.25) is 14.9 Å². The Morgan fingerprint density at radius 2 is 1.74 bits per heavy atom. The number of imide groups is 1. The van der Waals surface area contributed by atoms with E-state index < -0.39 is 23.5 Å². The van der Waals surface area contributed by atoms with Gasteiger partial charge in [0.2, 0.25) is 5.91 Å². The molecule has 1 atom stereocenters. The normalized spacial score (nSPS) is 12.1. The molecular weight excluding hydrogens is 550 g/mol. The van der Waals surface area contributed by atoms with Crippen molar-refractivity contribution in [2.75, 3.05) is 11.1 Å². The zero-order chi connectivity index (χ0) is 27.7. The first-order valence-corrected chi connectivity index (χ1v) is 12.7. The van der Waals surface area contributed by atoms with E-state index in [1.807, 2.05) is 13.8 Å². The van der Waals surface area contributed by atoms with Crippen molar-refractivity contribution in [2.24, 2.45) is 5.41 Å². The number of nitrogen functional groups attached to an aromatic ring is 1.